The molecule has 2 rings (SSSR count). The fourth-order valence-corrected chi connectivity index (χ4v) is 1.83. The number of alkyl halides is 2. The molecule has 0 aliphatic rings. The third kappa shape index (κ3) is 4.97. The third-order valence-electron chi connectivity index (χ3n) is 2.81. The van der Waals surface area contributed by atoms with Gasteiger partial charge in [0.15, 0.2) is 0 Å². The van der Waals surface area contributed by atoms with Crippen molar-refractivity contribution in [2.24, 2.45) is 0 Å². The van der Waals surface area contributed by atoms with Gasteiger partial charge in [-0.05, 0) is 30.7 Å². The van der Waals surface area contributed by atoms with Crippen LogP contribution in [0.2, 0.25) is 0 Å². The van der Waals surface area contributed by atoms with Gasteiger partial charge in [0.1, 0.15) is 5.75 Å². The van der Waals surface area contributed by atoms with Crippen molar-refractivity contribution < 1.29 is 13.5 Å². The Kier molecular flexibility index (Phi) is 5.49. The summed E-state index contributed by atoms with van der Waals surface area (Å²) in [5.41, 5.74) is 1.04. The van der Waals surface area contributed by atoms with Gasteiger partial charge in [0.05, 0.1) is 6.33 Å². The predicted molar refractivity (Wildman–Crippen MR) is 71.6 cm³/mol. The first-order chi connectivity index (χ1) is 9.74. The number of benzene rings is 1. The molecule has 0 aliphatic heterocycles. The van der Waals surface area contributed by atoms with Crippen LogP contribution in [0.25, 0.3) is 0 Å². The second-order valence-electron chi connectivity index (χ2n) is 4.35. The molecule has 0 saturated carbocycles. The molecule has 0 fully saturated rings. The normalized spacial score (nSPS) is 10.9. The number of nitrogens with zero attached hydrogens (tertiary/aromatic N) is 2. The van der Waals surface area contributed by atoms with Crippen LogP contribution < -0.4 is 10.1 Å². The summed E-state index contributed by atoms with van der Waals surface area (Å²) in [4.78, 5) is 3.97. The number of nitrogens with one attached hydrogen (secondary N) is 1. The van der Waals surface area contributed by atoms with Crippen LogP contribution >= 0.6 is 0 Å². The lowest BCUT2D eigenvalue weighted by Crippen LogP contribution is -2.16. The van der Waals surface area contributed by atoms with Crippen LogP contribution in [0.4, 0.5) is 8.78 Å². The largest absolute Gasteiger partial charge is 0.435 e. The topological polar surface area (TPSA) is 39.1 Å². The summed E-state index contributed by atoms with van der Waals surface area (Å²) >= 11 is 0. The Morgan fingerprint density at radius 2 is 2.05 bits per heavy atom. The maximum absolute atomic E-state index is 12.0. The van der Waals surface area contributed by atoms with Crippen LogP contribution in [0.5, 0.6) is 5.75 Å². The summed E-state index contributed by atoms with van der Waals surface area (Å²) in [6.07, 6.45) is 6.49. The monoisotopic (exact) mass is 281 g/mol. The van der Waals surface area contributed by atoms with E-state index in [1.165, 1.54) is 0 Å². The van der Waals surface area contributed by atoms with Gasteiger partial charge in [0.2, 0.25) is 0 Å². The SMILES string of the molecule is FC(F)Oc1ccc(CNCCCn2ccnc2)cc1. The number of ether oxygens (including phenoxy) is 1. The number of aromatic nitrogens is 2. The van der Waals surface area contributed by atoms with Crippen molar-refractivity contribution in [3.63, 3.8) is 0 Å². The molecule has 0 saturated heterocycles. The van der Waals surface area contributed by atoms with E-state index in [2.05, 4.69) is 15.0 Å². The van der Waals surface area contributed by atoms with Gasteiger partial charge in [-0.2, -0.15) is 8.78 Å². The van der Waals surface area contributed by atoms with Crippen molar-refractivity contribution in [1.29, 1.82) is 0 Å². The lowest BCUT2D eigenvalue weighted by Gasteiger charge is -2.07. The summed E-state index contributed by atoms with van der Waals surface area (Å²) < 4.78 is 30.3. The molecule has 0 amide bonds. The third-order valence-corrected chi connectivity index (χ3v) is 2.81. The van der Waals surface area contributed by atoms with E-state index in [4.69, 9.17) is 0 Å². The summed E-state index contributed by atoms with van der Waals surface area (Å²) in [6.45, 7) is -0.261. The number of hydrogen-bond acceptors (Lipinski definition) is 3. The standard InChI is InChI=1S/C14H17F2N3O/c15-14(16)20-13-4-2-12(3-5-13)10-17-6-1-8-19-9-7-18-11-19/h2-5,7,9,11,14,17H,1,6,8,10H2. The lowest BCUT2D eigenvalue weighted by molar-refractivity contribution is -0.0498. The van der Waals surface area contributed by atoms with Gasteiger partial charge in [-0.1, -0.05) is 12.1 Å². The highest BCUT2D eigenvalue weighted by Gasteiger charge is 2.03. The minimum atomic E-state index is -2.78. The number of aryl methyl sites for hydroxylation is 1. The van der Waals surface area contributed by atoms with Gasteiger partial charge in [-0.3, -0.25) is 0 Å². The molecular formula is C14H17F2N3O. The molecule has 0 radical (unpaired) electrons. The van der Waals surface area contributed by atoms with Crippen molar-refractivity contribution in [1.82, 2.24) is 14.9 Å². The quantitative estimate of drug-likeness (QED) is 0.756. The molecule has 0 spiro atoms. The Bertz CT molecular complexity index is 486. The van der Waals surface area contributed by atoms with Crippen molar-refractivity contribution in [3.05, 3.63) is 48.5 Å². The molecule has 0 aliphatic carbocycles. The number of halogens is 2. The van der Waals surface area contributed by atoms with Gasteiger partial charge in [0, 0.05) is 25.5 Å². The molecule has 0 unspecified atom stereocenters. The van der Waals surface area contributed by atoms with E-state index in [9.17, 15) is 8.78 Å². The predicted octanol–water partition coefficient (Wildman–Crippen LogP) is 2.66. The maximum Gasteiger partial charge on any atom is 0.387 e. The number of imidazole rings is 1. The van der Waals surface area contributed by atoms with Gasteiger partial charge >= 0.3 is 6.61 Å². The highest BCUT2D eigenvalue weighted by molar-refractivity contribution is 5.27. The molecule has 6 heteroatoms. The van der Waals surface area contributed by atoms with Gasteiger partial charge < -0.3 is 14.6 Å². The van der Waals surface area contributed by atoms with E-state index in [1.54, 1.807) is 36.8 Å². The first-order valence-electron chi connectivity index (χ1n) is 6.44. The Morgan fingerprint density at radius 3 is 2.70 bits per heavy atom. The van der Waals surface area contributed by atoms with E-state index in [-0.39, 0.29) is 5.75 Å². The fourth-order valence-electron chi connectivity index (χ4n) is 1.83. The highest BCUT2D eigenvalue weighted by Crippen LogP contribution is 2.14. The summed E-state index contributed by atoms with van der Waals surface area (Å²) in [6, 6.07) is 6.66. The van der Waals surface area contributed by atoms with Crippen LogP contribution in [0.1, 0.15) is 12.0 Å². The van der Waals surface area contributed by atoms with Crippen molar-refractivity contribution in [2.45, 2.75) is 26.1 Å². The number of rotatable bonds is 8. The Hall–Kier alpha value is -1.95. The zero-order valence-corrected chi connectivity index (χ0v) is 11.0. The second-order valence-corrected chi connectivity index (χ2v) is 4.35. The van der Waals surface area contributed by atoms with Crippen LogP contribution in [0, 0.1) is 0 Å². The first-order valence-corrected chi connectivity index (χ1v) is 6.44. The van der Waals surface area contributed by atoms with Crippen LogP contribution in [-0.4, -0.2) is 22.7 Å². The summed E-state index contributed by atoms with van der Waals surface area (Å²) in [5, 5.41) is 3.30. The average molecular weight is 281 g/mol. The minimum absolute atomic E-state index is 0.184. The maximum atomic E-state index is 12.0. The van der Waals surface area contributed by atoms with Crippen molar-refractivity contribution in [3.8, 4) is 5.75 Å². The van der Waals surface area contributed by atoms with E-state index in [0.717, 1.165) is 25.1 Å². The molecule has 4 nitrogen and oxygen atoms in total. The molecule has 1 aromatic heterocycles. The molecule has 2 aromatic rings. The second kappa shape index (κ2) is 7.59. The van der Waals surface area contributed by atoms with Gasteiger partial charge in [-0.15, -0.1) is 0 Å². The van der Waals surface area contributed by atoms with Crippen molar-refractivity contribution >= 4 is 0 Å². The average Bonchev–Trinajstić information content (AvgIpc) is 2.93. The molecule has 108 valence electrons. The highest BCUT2D eigenvalue weighted by atomic mass is 19.3. The van der Waals surface area contributed by atoms with E-state index in [1.807, 2.05) is 10.8 Å². The van der Waals surface area contributed by atoms with E-state index < -0.39 is 6.61 Å². The van der Waals surface area contributed by atoms with Crippen LogP contribution in [-0.2, 0) is 13.1 Å². The summed E-state index contributed by atoms with van der Waals surface area (Å²) in [7, 11) is 0. The molecule has 1 N–H and O–H groups in total. The molecule has 1 aromatic carbocycles. The van der Waals surface area contributed by atoms with Crippen molar-refractivity contribution in [2.75, 3.05) is 6.54 Å². The van der Waals surface area contributed by atoms with Crippen LogP contribution in [0.3, 0.4) is 0 Å². The lowest BCUT2D eigenvalue weighted by atomic mass is 10.2. The smallest absolute Gasteiger partial charge is 0.387 e. The molecule has 0 bridgehead atoms. The minimum Gasteiger partial charge on any atom is -0.435 e. The van der Waals surface area contributed by atoms with E-state index >= 15 is 0 Å². The Labute approximate surface area is 116 Å². The fraction of sp³-hybridized carbons (Fsp3) is 0.357. The molecule has 20 heavy (non-hydrogen) atoms. The summed E-state index contributed by atoms with van der Waals surface area (Å²) in [5.74, 6) is 0.184. The Morgan fingerprint density at radius 1 is 1.25 bits per heavy atom. The first kappa shape index (κ1) is 14.5. The van der Waals surface area contributed by atoms with E-state index in [0.29, 0.717) is 6.54 Å². The zero-order valence-electron chi connectivity index (χ0n) is 11.0. The number of hydrogen-bond donors (Lipinski definition) is 1. The van der Waals surface area contributed by atoms with Gasteiger partial charge in [0.25, 0.3) is 0 Å². The van der Waals surface area contributed by atoms with Crippen LogP contribution in [0.15, 0.2) is 43.0 Å². The Balaban J connectivity index is 1.64. The molecular weight excluding hydrogens is 264 g/mol. The molecule has 0 atom stereocenters. The molecule has 1 heterocycles. The zero-order chi connectivity index (χ0) is 14.2. The van der Waals surface area contributed by atoms with Gasteiger partial charge in [-0.25, -0.2) is 4.98 Å².